The van der Waals surface area contributed by atoms with Crippen molar-refractivity contribution in [2.75, 3.05) is 0 Å². The smallest absolute Gasteiger partial charge is 0.390 e. The summed E-state index contributed by atoms with van der Waals surface area (Å²) in [6, 6.07) is 0. The molecule has 4 aliphatic rings. The molecule has 4 fully saturated rings. The first kappa shape index (κ1) is 17.3. The summed E-state index contributed by atoms with van der Waals surface area (Å²) in [6.07, 6.45) is -5.68. The van der Waals surface area contributed by atoms with E-state index in [1.807, 2.05) is 4.72 Å². The SMILES string of the molecule is O=S(=O)(NC12CC3CC(CC(O)(C3)C1)C2)C(F)(F)CC(F)(F)F. The first-order chi connectivity index (χ1) is 10.2. The van der Waals surface area contributed by atoms with Crippen LogP contribution in [0.2, 0.25) is 0 Å². The lowest BCUT2D eigenvalue weighted by molar-refractivity contribution is -0.168. The average molecular weight is 363 g/mol. The predicted molar refractivity (Wildman–Crippen MR) is 70.0 cm³/mol. The maximum atomic E-state index is 13.6. The number of sulfonamides is 1. The molecule has 134 valence electrons. The fraction of sp³-hybridized carbons (Fsp3) is 1.00. The average Bonchev–Trinajstić information content (AvgIpc) is 2.18. The summed E-state index contributed by atoms with van der Waals surface area (Å²) in [6.45, 7) is 0. The fourth-order valence-corrected chi connectivity index (χ4v) is 6.33. The molecule has 0 spiro atoms. The van der Waals surface area contributed by atoms with E-state index in [0.717, 1.165) is 6.42 Å². The summed E-state index contributed by atoms with van der Waals surface area (Å²) in [5, 5.41) is 5.52. The molecule has 0 aliphatic heterocycles. The van der Waals surface area contributed by atoms with E-state index < -0.39 is 39.0 Å². The van der Waals surface area contributed by atoms with Gasteiger partial charge in [0.15, 0.2) is 0 Å². The van der Waals surface area contributed by atoms with E-state index in [-0.39, 0.29) is 31.1 Å². The topological polar surface area (TPSA) is 66.4 Å². The van der Waals surface area contributed by atoms with Gasteiger partial charge in [-0.1, -0.05) is 0 Å². The second-order valence-corrected chi connectivity index (χ2v) is 9.31. The van der Waals surface area contributed by atoms with E-state index in [1.54, 1.807) is 0 Å². The Bertz CT molecular complexity index is 589. The molecular formula is C13H18F5NO3S. The number of hydrogen-bond acceptors (Lipinski definition) is 3. The summed E-state index contributed by atoms with van der Waals surface area (Å²) in [7, 11) is -5.50. The third-order valence-corrected chi connectivity index (χ3v) is 6.81. The molecule has 2 N–H and O–H groups in total. The van der Waals surface area contributed by atoms with Crippen LogP contribution in [-0.2, 0) is 10.0 Å². The number of hydrogen-bond donors (Lipinski definition) is 2. The van der Waals surface area contributed by atoms with Crippen LogP contribution in [-0.4, -0.2) is 36.1 Å². The highest BCUT2D eigenvalue weighted by Crippen LogP contribution is 2.58. The van der Waals surface area contributed by atoms with E-state index >= 15 is 0 Å². The van der Waals surface area contributed by atoms with Crippen molar-refractivity contribution >= 4 is 10.0 Å². The molecule has 2 unspecified atom stereocenters. The van der Waals surface area contributed by atoms with Crippen molar-refractivity contribution in [1.82, 2.24) is 4.72 Å². The van der Waals surface area contributed by atoms with Gasteiger partial charge >= 0.3 is 11.4 Å². The molecule has 0 aromatic rings. The standard InChI is InChI=1S/C13H18F5NO3S/c14-12(15,16)7-13(17,18)23(21,22)19-10-2-8-1-9(3-10)5-11(20,4-8)6-10/h8-9,19-20H,1-7H2. The van der Waals surface area contributed by atoms with Crippen molar-refractivity contribution in [3.8, 4) is 0 Å². The van der Waals surface area contributed by atoms with Crippen molar-refractivity contribution in [3.05, 3.63) is 0 Å². The van der Waals surface area contributed by atoms with Crippen LogP contribution in [0.4, 0.5) is 22.0 Å². The molecule has 4 aliphatic carbocycles. The first-order valence-electron chi connectivity index (χ1n) is 7.44. The molecular weight excluding hydrogens is 345 g/mol. The van der Waals surface area contributed by atoms with Gasteiger partial charge in [0.25, 0.3) is 10.0 Å². The first-order valence-corrected chi connectivity index (χ1v) is 8.92. The lowest BCUT2D eigenvalue weighted by atomic mass is 9.51. The van der Waals surface area contributed by atoms with Crippen LogP contribution in [0.1, 0.15) is 44.9 Å². The Labute approximate surface area is 130 Å². The Hall–Kier alpha value is -0.480. The normalized spacial score (nSPS) is 40.6. The number of nitrogens with one attached hydrogen (secondary N) is 1. The summed E-state index contributed by atoms with van der Waals surface area (Å²) < 4.78 is 89.6. The minimum Gasteiger partial charge on any atom is -0.390 e. The van der Waals surface area contributed by atoms with E-state index in [2.05, 4.69) is 0 Å². The molecule has 4 bridgehead atoms. The highest BCUT2D eigenvalue weighted by atomic mass is 32.2. The predicted octanol–water partition coefficient (Wildman–Crippen LogP) is 2.53. The molecule has 23 heavy (non-hydrogen) atoms. The van der Waals surface area contributed by atoms with Gasteiger partial charge < -0.3 is 5.11 Å². The van der Waals surface area contributed by atoms with Crippen LogP contribution in [0.25, 0.3) is 0 Å². The van der Waals surface area contributed by atoms with Gasteiger partial charge in [0.05, 0.1) is 5.60 Å². The number of halogens is 5. The van der Waals surface area contributed by atoms with Gasteiger partial charge in [0, 0.05) is 5.54 Å². The monoisotopic (exact) mass is 363 g/mol. The summed E-state index contributed by atoms with van der Waals surface area (Å²) in [5.74, 6) is 0.0281. The maximum absolute atomic E-state index is 13.6. The van der Waals surface area contributed by atoms with Gasteiger partial charge in [-0.05, 0) is 50.4 Å². The van der Waals surface area contributed by atoms with E-state index in [0.29, 0.717) is 12.8 Å². The summed E-state index contributed by atoms with van der Waals surface area (Å²) >= 11 is 0. The third-order valence-electron chi connectivity index (χ3n) is 5.18. The van der Waals surface area contributed by atoms with Gasteiger partial charge in [-0.2, -0.15) is 22.0 Å². The van der Waals surface area contributed by atoms with Gasteiger partial charge in [-0.3, -0.25) is 0 Å². The van der Waals surface area contributed by atoms with Gasteiger partial charge in [-0.15, -0.1) is 0 Å². The lowest BCUT2D eigenvalue weighted by Crippen LogP contribution is -2.66. The second-order valence-electron chi connectivity index (χ2n) is 7.50. The second kappa shape index (κ2) is 4.78. The number of alkyl halides is 5. The molecule has 0 radical (unpaired) electrons. The van der Waals surface area contributed by atoms with Crippen LogP contribution in [0.15, 0.2) is 0 Å². The van der Waals surface area contributed by atoms with Gasteiger partial charge in [0.2, 0.25) is 0 Å². The molecule has 10 heteroatoms. The molecule has 0 saturated heterocycles. The number of aliphatic hydroxyl groups is 1. The zero-order valence-corrected chi connectivity index (χ0v) is 13.0. The van der Waals surface area contributed by atoms with Crippen molar-refractivity contribution in [2.24, 2.45) is 11.8 Å². The molecule has 2 atom stereocenters. The van der Waals surface area contributed by atoms with Crippen molar-refractivity contribution in [3.63, 3.8) is 0 Å². The number of rotatable bonds is 4. The van der Waals surface area contributed by atoms with Crippen LogP contribution >= 0.6 is 0 Å². The third kappa shape index (κ3) is 3.21. The quantitative estimate of drug-likeness (QED) is 0.755. The summed E-state index contributed by atoms with van der Waals surface area (Å²) in [5.41, 5.74) is -2.36. The zero-order valence-electron chi connectivity index (χ0n) is 12.2. The maximum Gasteiger partial charge on any atom is 0.396 e. The fourth-order valence-electron chi connectivity index (χ4n) is 5.02. The van der Waals surface area contributed by atoms with Crippen molar-refractivity contribution in [1.29, 1.82) is 0 Å². The Morgan fingerprint density at radius 3 is 2.00 bits per heavy atom. The molecule has 4 rings (SSSR count). The minimum absolute atomic E-state index is 0.0141. The molecule has 0 aromatic carbocycles. The molecule has 0 heterocycles. The highest BCUT2D eigenvalue weighted by molar-refractivity contribution is 7.90. The molecule has 0 amide bonds. The van der Waals surface area contributed by atoms with Gasteiger partial charge in [0.1, 0.15) is 6.42 Å². The molecule has 0 aromatic heterocycles. The van der Waals surface area contributed by atoms with Crippen molar-refractivity contribution < 1.29 is 35.5 Å². The van der Waals surface area contributed by atoms with E-state index in [9.17, 15) is 35.5 Å². The van der Waals surface area contributed by atoms with Crippen LogP contribution in [0, 0.1) is 11.8 Å². The minimum atomic E-state index is -5.50. The van der Waals surface area contributed by atoms with Crippen molar-refractivity contribution in [2.45, 2.75) is 67.5 Å². The van der Waals surface area contributed by atoms with E-state index in [4.69, 9.17) is 0 Å². The summed E-state index contributed by atoms with van der Waals surface area (Å²) in [4.78, 5) is 0. The Kier molecular flexibility index (Phi) is 3.61. The Balaban J connectivity index is 1.83. The molecule has 4 nitrogen and oxygen atoms in total. The molecule has 4 saturated carbocycles. The van der Waals surface area contributed by atoms with Crippen LogP contribution in [0.5, 0.6) is 0 Å². The van der Waals surface area contributed by atoms with Gasteiger partial charge in [-0.25, -0.2) is 13.1 Å². The largest absolute Gasteiger partial charge is 0.396 e. The van der Waals surface area contributed by atoms with Crippen LogP contribution in [0.3, 0.4) is 0 Å². The Morgan fingerprint density at radius 1 is 1.04 bits per heavy atom. The highest BCUT2D eigenvalue weighted by Gasteiger charge is 2.61. The van der Waals surface area contributed by atoms with E-state index in [1.165, 1.54) is 0 Å². The Morgan fingerprint density at radius 2 is 1.57 bits per heavy atom. The van der Waals surface area contributed by atoms with Crippen LogP contribution < -0.4 is 4.72 Å². The zero-order chi connectivity index (χ0) is 17.3. The lowest BCUT2D eigenvalue weighted by Gasteiger charge is -2.60.